The summed E-state index contributed by atoms with van der Waals surface area (Å²) in [4.78, 5) is 11.0. The first-order valence-electron chi connectivity index (χ1n) is 4.68. The second kappa shape index (κ2) is 4.27. The number of rotatable bonds is 3. The monoisotopic (exact) mass is 221 g/mol. The predicted octanol–water partition coefficient (Wildman–Crippen LogP) is 1.28. The number of fused-ring (bicyclic) bond motifs is 1. The van der Waals surface area contributed by atoms with Crippen LogP contribution in [0.3, 0.4) is 0 Å². The zero-order valence-corrected chi connectivity index (χ0v) is 9.12. The van der Waals surface area contributed by atoms with Crippen LogP contribution >= 0.6 is 11.3 Å². The highest BCUT2D eigenvalue weighted by atomic mass is 32.1. The van der Waals surface area contributed by atoms with Gasteiger partial charge in [-0.25, -0.2) is 5.43 Å². The largest absolute Gasteiger partial charge is 0.315 e. The molecular formula is C10H11N3OS. The van der Waals surface area contributed by atoms with E-state index in [2.05, 4.69) is 28.1 Å². The molecule has 0 aliphatic rings. The first kappa shape index (κ1) is 9.92. The van der Waals surface area contributed by atoms with E-state index in [1.165, 1.54) is 4.70 Å². The van der Waals surface area contributed by atoms with Crippen LogP contribution in [0.15, 0.2) is 29.4 Å². The number of hydrogen-bond donors (Lipinski definition) is 1. The Labute approximate surface area is 90.9 Å². The lowest BCUT2D eigenvalue weighted by molar-refractivity contribution is -0.109. The quantitative estimate of drug-likeness (QED) is 0.616. The Morgan fingerprint density at radius 2 is 2.33 bits per heavy atom. The normalized spacial score (nSPS) is 11.9. The summed E-state index contributed by atoms with van der Waals surface area (Å²) < 4.78 is 3.24. The van der Waals surface area contributed by atoms with Crippen molar-refractivity contribution in [2.75, 3.05) is 0 Å². The smallest absolute Gasteiger partial charge is 0.227 e. The lowest BCUT2D eigenvalue weighted by atomic mass is 10.3. The maximum Gasteiger partial charge on any atom is 0.227 e. The van der Waals surface area contributed by atoms with E-state index in [-0.39, 0.29) is 0 Å². The summed E-state index contributed by atoms with van der Waals surface area (Å²) in [5, 5.41) is 4.00. The van der Waals surface area contributed by atoms with Crippen LogP contribution in [0.2, 0.25) is 0 Å². The highest BCUT2D eigenvalue weighted by molar-refractivity contribution is 7.16. The van der Waals surface area contributed by atoms with Crippen LogP contribution in [0.5, 0.6) is 0 Å². The molecule has 0 unspecified atom stereocenters. The fourth-order valence-electron chi connectivity index (χ4n) is 1.49. The van der Waals surface area contributed by atoms with Crippen molar-refractivity contribution in [1.29, 1.82) is 0 Å². The number of benzene rings is 1. The number of nitrogens with one attached hydrogen (secondary N) is 1. The van der Waals surface area contributed by atoms with E-state index in [9.17, 15) is 4.79 Å². The first-order chi connectivity index (χ1) is 7.36. The SMILES string of the molecule is CCn1c(=NNC=O)sc2ccccc21. The Bertz CT molecular complexity index is 541. The van der Waals surface area contributed by atoms with Crippen LogP contribution in [0.4, 0.5) is 0 Å². The van der Waals surface area contributed by atoms with Gasteiger partial charge in [0.2, 0.25) is 11.2 Å². The highest BCUT2D eigenvalue weighted by Gasteiger charge is 2.02. The molecule has 1 aromatic heterocycles. The van der Waals surface area contributed by atoms with Crippen LogP contribution in [0.1, 0.15) is 6.92 Å². The third kappa shape index (κ3) is 1.78. The van der Waals surface area contributed by atoms with Gasteiger partial charge in [-0.1, -0.05) is 23.5 Å². The fraction of sp³-hybridized carbons (Fsp3) is 0.200. The Morgan fingerprint density at radius 1 is 1.53 bits per heavy atom. The van der Waals surface area contributed by atoms with Crippen molar-refractivity contribution in [2.24, 2.45) is 5.10 Å². The molecule has 1 heterocycles. The van der Waals surface area contributed by atoms with Gasteiger partial charge in [0.25, 0.3) is 0 Å². The number of aryl methyl sites for hydroxylation is 1. The van der Waals surface area contributed by atoms with Gasteiger partial charge in [-0.15, -0.1) is 5.10 Å². The second-order valence-electron chi connectivity index (χ2n) is 2.96. The van der Waals surface area contributed by atoms with Gasteiger partial charge in [0.1, 0.15) is 0 Å². The van der Waals surface area contributed by atoms with Crippen LogP contribution in [-0.2, 0) is 11.3 Å². The number of para-hydroxylation sites is 1. The number of carbonyl (C=O) groups excluding carboxylic acids is 1. The van der Waals surface area contributed by atoms with E-state index in [1.54, 1.807) is 11.3 Å². The van der Waals surface area contributed by atoms with Crippen molar-refractivity contribution < 1.29 is 4.79 Å². The molecule has 1 aromatic carbocycles. The van der Waals surface area contributed by atoms with E-state index < -0.39 is 0 Å². The molecule has 0 radical (unpaired) electrons. The van der Waals surface area contributed by atoms with Gasteiger partial charge in [0.05, 0.1) is 10.2 Å². The predicted molar refractivity (Wildman–Crippen MR) is 60.3 cm³/mol. The minimum absolute atomic E-state index is 0.574. The minimum atomic E-state index is 0.574. The van der Waals surface area contributed by atoms with Crippen molar-refractivity contribution in [3.8, 4) is 0 Å². The molecule has 0 aliphatic carbocycles. The minimum Gasteiger partial charge on any atom is -0.315 e. The van der Waals surface area contributed by atoms with E-state index in [0.29, 0.717) is 6.41 Å². The van der Waals surface area contributed by atoms with Crippen molar-refractivity contribution in [2.45, 2.75) is 13.5 Å². The van der Waals surface area contributed by atoms with Crippen LogP contribution in [0, 0.1) is 0 Å². The van der Waals surface area contributed by atoms with Gasteiger partial charge in [0.15, 0.2) is 0 Å². The first-order valence-corrected chi connectivity index (χ1v) is 5.49. The van der Waals surface area contributed by atoms with E-state index in [0.717, 1.165) is 16.9 Å². The van der Waals surface area contributed by atoms with Crippen molar-refractivity contribution >= 4 is 28.0 Å². The average molecular weight is 221 g/mol. The van der Waals surface area contributed by atoms with Crippen LogP contribution in [0.25, 0.3) is 10.2 Å². The van der Waals surface area contributed by atoms with Crippen LogP contribution < -0.4 is 10.2 Å². The standard InChI is InChI=1S/C10H11N3OS/c1-2-13-8-5-3-4-6-9(8)15-10(13)12-11-7-14/h3-7H,2H2,1H3,(H,11,14). The van der Waals surface area contributed by atoms with Gasteiger partial charge in [-0.05, 0) is 19.1 Å². The molecule has 0 fully saturated rings. The molecule has 0 atom stereocenters. The summed E-state index contributed by atoms with van der Waals surface area (Å²) in [7, 11) is 0. The summed E-state index contributed by atoms with van der Waals surface area (Å²) in [6, 6.07) is 8.09. The average Bonchev–Trinajstić information content (AvgIpc) is 2.63. The lowest BCUT2D eigenvalue weighted by Gasteiger charge is -1.98. The van der Waals surface area contributed by atoms with Gasteiger partial charge < -0.3 is 4.57 Å². The van der Waals surface area contributed by atoms with E-state index in [4.69, 9.17) is 0 Å². The Morgan fingerprint density at radius 3 is 3.07 bits per heavy atom. The summed E-state index contributed by atoms with van der Waals surface area (Å²) >= 11 is 1.56. The number of carbonyl (C=O) groups is 1. The molecule has 0 saturated carbocycles. The fourth-order valence-corrected chi connectivity index (χ4v) is 2.56. The maximum atomic E-state index is 10.2. The number of hydrogen-bond acceptors (Lipinski definition) is 3. The van der Waals surface area contributed by atoms with E-state index in [1.807, 2.05) is 18.2 Å². The summed E-state index contributed by atoms with van der Waals surface area (Å²) in [5.41, 5.74) is 3.48. The second-order valence-corrected chi connectivity index (χ2v) is 3.96. The lowest BCUT2D eigenvalue weighted by Crippen LogP contribution is -2.18. The van der Waals surface area contributed by atoms with Gasteiger partial charge in [-0.3, -0.25) is 4.79 Å². The molecule has 2 rings (SSSR count). The van der Waals surface area contributed by atoms with Gasteiger partial charge in [0, 0.05) is 6.54 Å². The zero-order valence-electron chi connectivity index (χ0n) is 8.30. The Hall–Kier alpha value is -1.62. The molecule has 2 aromatic rings. The van der Waals surface area contributed by atoms with Crippen molar-refractivity contribution in [1.82, 2.24) is 9.99 Å². The summed E-state index contributed by atoms with van der Waals surface area (Å²) in [5.74, 6) is 0. The highest BCUT2D eigenvalue weighted by Crippen LogP contribution is 2.15. The van der Waals surface area contributed by atoms with Crippen LogP contribution in [-0.4, -0.2) is 11.0 Å². The Balaban J connectivity index is 2.69. The molecule has 0 aliphatic heterocycles. The van der Waals surface area contributed by atoms with Gasteiger partial charge in [-0.2, -0.15) is 0 Å². The van der Waals surface area contributed by atoms with Crippen molar-refractivity contribution in [3.05, 3.63) is 29.1 Å². The summed E-state index contributed by atoms with van der Waals surface area (Å²) in [6.45, 7) is 2.89. The van der Waals surface area contributed by atoms with Gasteiger partial charge >= 0.3 is 0 Å². The molecule has 5 heteroatoms. The van der Waals surface area contributed by atoms with E-state index >= 15 is 0 Å². The summed E-state index contributed by atoms with van der Waals surface area (Å²) in [6.07, 6.45) is 0.574. The molecule has 15 heavy (non-hydrogen) atoms. The molecule has 4 nitrogen and oxygen atoms in total. The third-order valence-corrected chi connectivity index (χ3v) is 3.18. The third-order valence-electron chi connectivity index (χ3n) is 2.12. The maximum absolute atomic E-state index is 10.2. The topological polar surface area (TPSA) is 46.4 Å². The molecule has 1 amide bonds. The Kier molecular flexibility index (Phi) is 2.82. The molecule has 1 N–H and O–H groups in total. The number of amides is 1. The number of nitrogens with zero attached hydrogens (tertiary/aromatic N) is 2. The number of thiazole rings is 1. The molecular weight excluding hydrogens is 210 g/mol. The van der Waals surface area contributed by atoms with Crippen molar-refractivity contribution in [3.63, 3.8) is 0 Å². The molecule has 0 spiro atoms. The molecule has 0 bridgehead atoms. The zero-order chi connectivity index (χ0) is 10.7. The molecule has 0 saturated heterocycles. The molecule has 78 valence electrons. The number of aromatic nitrogens is 1.